The van der Waals surface area contributed by atoms with Crippen molar-refractivity contribution in [2.75, 3.05) is 13.9 Å². The average Bonchev–Trinajstić information content (AvgIpc) is 3.48. The van der Waals surface area contributed by atoms with Crippen LogP contribution >= 0.6 is 0 Å². The first-order valence-corrected chi connectivity index (χ1v) is 11.5. The fourth-order valence-electron chi connectivity index (χ4n) is 4.28. The van der Waals surface area contributed by atoms with E-state index in [9.17, 15) is 0 Å². The molecule has 0 saturated heterocycles. The lowest BCUT2D eigenvalue weighted by molar-refractivity contribution is 0.130. The van der Waals surface area contributed by atoms with Gasteiger partial charge in [-0.05, 0) is 68.8 Å². The molecule has 1 aliphatic heterocycles. The van der Waals surface area contributed by atoms with Gasteiger partial charge < -0.3 is 23.6 Å². The quantitative estimate of drug-likeness (QED) is 0.231. The first kappa shape index (κ1) is 22.6. The Balaban J connectivity index is 1.47. The molecular formula is C29H28N2O4. The summed E-state index contributed by atoms with van der Waals surface area (Å²) in [6, 6.07) is 24.6. The van der Waals surface area contributed by atoms with Crippen molar-refractivity contribution >= 4 is 5.71 Å². The molecule has 0 radical (unpaired) electrons. The third-order valence-electron chi connectivity index (χ3n) is 6.16. The summed E-state index contributed by atoms with van der Waals surface area (Å²) in [5.41, 5.74) is 8.31. The van der Waals surface area contributed by atoms with Crippen LogP contribution in [0, 0.1) is 13.8 Å². The largest absolute Gasteiger partial charge is 0.497 e. The van der Waals surface area contributed by atoms with E-state index in [2.05, 4.69) is 60.0 Å². The van der Waals surface area contributed by atoms with Crippen LogP contribution < -0.4 is 14.2 Å². The van der Waals surface area contributed by atoms with Gasteiger partial charge in [0, 0.05) is 22.5 Å². The van der Waals surface area contributed by atoms with Crippen molar-refractivity contribution < 1.29 is 19.0 Å². The molecule has 0 spiro atoms. The number of hydrogen-bond acceptors (Lipinski definition) is 5. The molecule has 0 fully saturated rings. The highest BCUT2D eigenvalue weighted by atomic mass is 16.7. The van der Waals surface area contributed by atoms with Crippen LogP contribution in [-0.2, 0) is 11.4 Å². The number of oxime groups is 1. The molecule has 0 atom stereocenters. The molecule has 4 aromatic rings. The average molecular weight is 469 g/mol. The maximum atomic E-state index is 5.73. The number of fused-ring (bicyclic) bond motifs is 1. The summed E-state index contributed by atoms with van der Waals surface area (Å²) in [6.07, 6.45) is 0. The SMILES string of the molecule is COc1cccc(-c2cc(C(C)=NOCc3ccc4c(c3)OCO4)c(C)n2-c2ccc(C)cc2)c1. The Hall–Kier alpha value is -4.19. The molecule has 0 aliphatic carbocycles. The van der Waals surface area contributed by atoms with Gasteiger partial charge in [-0.15, -0.1) is 0 Å². The van der Waals surface area contributed by atoms with Gasteiger partial charge in [0.05, 0.1) is 18.5 Å². The second-order valence-corrected chi connectivity index (χ2v) is 8.57. The van der Waals surface area contributed by atoms with E-state index in [-0.39, 0.29) is 6.79 Å². The highest BCUT2D eigenvalue weighted by molar-refractivity contribution is 6.01. The summed E-state index contributed by atoms with van der Waals surface area (Å²) in [7, 11) is 1.68. The Morgan fingerprint density at radius 1 is 0.943 bits per heavy atom. The number of rotatable bonds is 7. The summed E-state index contributed by atoms with van der Waals surface area (Å²) in [6.45, 7) is 6.76. The van der Waals surface area contributed by atoms with E-state index in [1.165, 1.54) is 5.56 Å². The number of aromatic nitrogens is 1. The minimum absolute atomic E-state index is 0.254. The third-order valence-corrected chi connectivity index (χ3v) is 6.16. The lowest BCUT2D eigenvalue weighted by Crippen LogP contribution is -2.02. The van der Waals surface area contributed by atoms with Gasteiger partial charge in [-0.1, -0.05) is 41.1 Å². The number of hydrogen-bond donors (Lipinski definition) is 0. The van der Waals surface area contributed by atoms with E-state index in [4.69, 9.17) is 19.0 Å². The Kier molecular flexibility index (Phi) is 6.19. The van der Waals surface area contributed by atoms with Gasteiger partial charge in [-0.3, -0.25) is 0 Å². The van der Waals surface area contributed by atoms with Gasteiger partial charge in [-0.25, -0.2) is 0 Å². The molecule has 3 aromatic carbocycles. The Bertz CT molecular complexity index is 1390. The van der Waals surface area contributed by atoms with E-state index in [0.717, 1.165) is 56.7 Å². The summed E-state index contributed by atoms with van der Waals surface area (Å²) in [5, 5.41) is 4.44. The molecule has 0 amide bonds. The van der Waals surface area contributed by atoms with Crippen LogP contribution in [0.3, 0.4) is 0 Å². The van der Waals surface area contributed by atoms with E-state index in [1.54, 1.807) is 7.11 Å². The second-order valence-electron chi connectivity index (χ2n) is 8.57. The van der Waals surface area contributed by atoms with Crippen LogP contribution in [0.1, 0.15) is 29.3 Å². The predicted molar refractivity (Wildman–Crippen MR) is 137 cm³/mol. The second kappa shape index (κ2) is 9.58. The molecule has 0 unspecified atom stereocenters. The maximum Gasteiger partial charge on any atom is 0.231 e. The minimum atomic E-state index is 0.254. The first-order valence-electron chi connectivity index (χ1n) is 11.5. The molecule has 0 bridgehead atoms. The molecule has 6 nitrogen and oxygen atoms in total. The number of benzene rings is 3. The Morgan fingerprint density at radius 3 is 2.54 bits per heavy atom. The molecule has 1 aliphatic rings. The fourth-order valence-corrected chi connectivity index (χ4v) is 4.28. The maximum absolute atomic E-state index is 5.73. The molecule has 178 valence electrons. The Morgan fingerprint density at radius 2 is 1.74 bits per heavy atom. The smallest absolute Gasteiger partial charge is 0.231 e. The standard InChI is InChI=1S/C29H28N2O4/c1-19-8-11-24(12-9-19)31-21(3)26(16-27(31)23-6-5-7-25(15-23)32-4)20(2)30-35-17-22-10-13-28-29(14-22)34-18-33-28/h5-16H,17-18H2,1-4H3. The van der Waals surface area contributed by atoms with E-state index in [0.29, 0.717) is 6.61 Å². The molecule has 1 aromatic heterocycles. The lowest BCUT2D eigenvalue weighted by Gasteiger charge is -2.13. The Labute approximate surface area is 205 Å². The van der Waals surface area contributed by atoms with Crippen molar-refractivity contribution in [3.8, 4) is 34.2 Å². The third kappa shape index (κ3) is 4.60. The van der Waals surface area contributed by atoms with E-state index < -0.39 is 0 Å². The summed E-state index contributed by atoms with van der Waals surface area (Å²) in [5.74, 6) is 2.31. The number of methoxy groups -OCH3 is 1. The molecule has 6 heteroatoms. The van der Waals surface area contributed by atoms with Crippen molar-refractivity contribution in [2.45, 2.75) is 27.4 Å². The predicted octanol–water partition coefficient (Wildman–Crippen LogP) is 6.44. The van der Waals surface area contributed by atoms with Crippen molar-refractivity contribution in [2.24, 2.45) is 5.16 Å². The summed E-state index contributed by atoms with van der Waals surface area (Å²) < 4.78 is 18.5. The van der Waals surface area contributed by atoms with Crippen LogP contribution in [-0.4, -0.2) is 24.2 Å². The number of nitrogens with zero attached hydrogens (tertiary/aromatic N) is 2. The molecular weight excluding hydrogens is 440 g/mol. The van der Waals surface area contributed by atoms with Gasteiger partial charge in [0.2, 0.25) is 6.79 Å². The van der Waals surface area contributed by atoms with Crippen LogP contribution in [0.15, 0.2) is 78.0 Å². The highest BCUT2D eigenvalue weighted by Crippen LogP contribution is 2.33. The van der Waals surface area contributed by atoms with Crippen molar-refractivity contribution in [3.05, 3.63) is 95.2 Å². The van der Waals surface area contributed by atoms with Crippen LogP contribution in [0.2, 0.25) is 0 Å². The molecule has 2 heterocycles. The van der Waals surface area contributed by atoms with Crippen LogP contribution in [0.4, 0.5) is 0 Å². The zero-order valence-electron chi connectivity index (χ0n) is 20.4. The highest BCUT2D eigenvalue weighted by Gasteiger charge is 2.18. The van der Waals surface area contributed by atoms with Gasteiger partial charge >= 0.3 is 0 Å². The fraction of sp³-hybridized carbons (Fsp3) is 0.207. The van der Waals surface area contributed by atoms with Crippen LogP contribution in [0.5, 0.6) is 17.2 Å². The molecule has 0 saturated carbocycles. The monoisotopic (exact) mass is 468 g/mol. The summed E-state index contributed by atoms with van der Waals surface area (Å²) in [4.78, 5) is 5.73. The molecule has 0 N–H and O–H groups in total. The van der Waals surface area contributed by atoms with Gasteiger partial charge in [0.25, 0.3) is 0 Å². The van der Waals surface area contributed by atoms with Crippen molar-refractivity contribution in [1.29, 1.82) is 0 Å². The normalized spacial score (nSPS) is 12.6. The van der Waals surface area contributed by atoms with Gasteiger partial charge in [-0.2, -0.15) is 0 Å². The first-order chi connectivity index (χ1) is 17.0. The summed E-state index contributed by atoms with van der Waals surface area (Å²) >= 11 is 0. The zero-order chi connectivity index (χ0) is 24.4. The zero-order valence-corrected chi connectivity index (χ0v) is 20.4. The minimum Gasteiger partial charge on any atom is -0.497 e. The van der Waals surface area contributed by atoms with Crippen molar-refractivity contribution in [1.82, 2.24) is 4.57 Å². The van der Waals surface area contributed by atoms with Gasteiger partial charge in [0.1, 0.15) is 12.4 Å². The molecule has 5 rings (SSSR count). The lowest BCUT2D eigenvalue weighted by atomic mass is 10.1. The van der Waals surface area contributed by atoms with Gasteiger partial charge in [0.15, 0.2) is 11.5 Å². The molecule has 35 heavy (non-hydrogen) atoms. The van der Waals surface area contributed by atoms with Crippen LogP contribution in [0.25, 0.3) is 16.9 Å². The van der Waals surface area contributed by atoms with E-state index >= 15 is 0 Å². The topological polar surface area (TPSA) is 54.2 Å². The number of ether oxygens (including phenoxy) is 3. The van der Waals surface area contributed by atoms with Crippen molar-refractivity contribution in [3.63, 3.8) is 0 Å². The number of aryl methyl sites for hydroxylation is 1. The van der Waals surface area contributed by atoms with E-state index in [1.807, 2.05) is 43.3 Å².